The fourth-order valence-electron chi connectivity index (χ4n) is 2.61. The summed E-state index contributed by atoms with van der Waals surface area (Å²) >= 11 is 1.33. The second kappa shape index (κ2) is 8.41. The number of benzene rings is 1. The van der Waals surface area contributed by atoms with E-state index >= 15 is 0 Å². The van der Waals surface area contributed by atoms with Crippen LogP contribution in [-0.2, 0) is 4.79 Å². The number of carbonyl (C=O) groups is 1. The number of carbonyl (C=O) groups excluding carboxylic acids is 1. The Labute approximate surface area is 150 Å². The van der Waals surface area contributed by atoms with Gasteiger partial charge in [0.25, 0.3) is 0 Å². The van der Waals surface area contributed by atoms with Crippen LogP contribution in [0.25, 0.3) is 11.3 Å². The second-order valence-corrected chi connectivity index (χ2v) is 6.29. The van der Waals surface area contributed by atoms with Crippen molar-refractivity contribution in [2.24, 2.45) is 0 Å². The first-order valence-corrected chi connectivity index (χ1v) is 8.36. The van der Waals surface area contributed by atoms with Crippen molar-refractivity contribution in [1.82, 2.24) is 10.3 Å². The number of methoxy groups -OCH3 is 1. The first-order chi connectivity index (χ1) is 11.2. The molecule has 2 heterocycles. The average Bonchev–Trinajstić information content (AvgIpc) is 3.19. The van der Waals surface area contributed by atoms with Crippen LogP contribution in [-0.4, -0.2) is 30.6 Å². The van der Waals surface area contributed by atoms with E-state index in [2.05, 4.69) is 15.6 Å². The van der Waals surface area contributed by atoms with E-state index in [0.29, 0.717) is 22.8 Å². The molecule has 0 bridgehead atoms. The van der Waals surface area contributed by atoms with E-state index in [-0.39, 0.29) is 30.1 Å². The van der Waals surface area contributed by atoms with Crippen LogP contribution in [0.2, 0.25) is 0 Å². The first-order valence-electron chi connectivity index (χ1n) is 7.48. The van der Waals surface area contributed by atoms with Crippen molar-refractivity contribution < 1.29 is 13.9 Å². The number of nitrogens with zero attached hydrogens (tertiary/aromatic N) is 1. The molecular weight excluding hydrogens is 353 g/mol. The molecule has 24 heavy (non-hydrogen) atoms. The van der Waals surface area contributed by atoms with Gasteiger partial charge >= 0.3 is 0 Å². The highest BCUT2D eigenvalue weighted by atomic mass is 35.5. The van der Waals surface area contributed by atoms with Gasteiger partial charge < -0.3 is 15.4 Å². The molecule has 2 aromatic rings. The van der Waals surface area contributed by atoms with Crippen molar-refractivity contribution in [1.29, 1.82) is 0 Å². The van der Waals surface area contributed by atoms with Gasteiger partial charge in [-0.3, -0.25) is 4.79 Å². The van der Waals surface area contributed by atoms with Crippen molar-refractivity contribution in [2.45, 2.75) is 25.3 Å². The van der Waals surface area contributed by atoms with Crippen molar-refractivity contribution in [3.8, 4) is 17.0 Å². The number of nitrogens with one attached hydrogen (secondary N) is 2. The monoisotopic (exact) mass is 371 g/mol. The van der Waals surface area contributed by atoms with E-state index in [9.17, 15) is 9.18 Å². The minimum absolute atomic E-state index is 0. The van der Waals surface area contributed by atoms with Gasteiger partial charge in [-0.15, -0.1) is 23.7 Å². The Balaban J connectivity index is 0.00000208. The lowest BCUT2D eigenvalue weighted by Gasteiger charge is -2.08. The molecule has 5 nitrogen and oxygen atoms in total. The minimum Gasteiger partial charge on any atom is -0.494 e. The summed E-state index contributed by atoms with van der Waals surface area (Å²) in [5, 5.41) is 8.42. The maximum absolute atomic E-state index is 13.8. The third kappa shape index (κ3) is 4.43. The highest BCUT2D eigenvalue weighted by Crippen LogP contribution is 2.28. The van der Waals surface area contributed by atoms with Gasteiger partial charge in [0.15, 0.2) is 16.7 Å². The van der Waals surface area contributed by atoms with E-state index in [4.69, 9.17) is 4.74 Å². The predicted octanol–water partition coefficient (Wildman–Crippen LogP) is 3.46. The molecule has 8 heteroatoms. The van der Waals surface area contributed by atoms with E-state index in [1.807, 2.05) is 0 Å². The maximum atomic E-state index is 13.8. The Morgan fingerprint density at radius 2 is 2.38 bits per heavy atom. The van der Waals surface area contributed by atoms with Crippen LogP contribution in [0.1, 0.15) is 19.3 Å². The fourth-order valence-corrected chi connectivity index (χ4v) is 3.35. The average molecular weight is 372 g/mol. The molecule has 1 aliphatic rings. The molecule has 3 rings (SSSR count). The Morgan fingerprint density at radius 3 is 3.04 bits per heavy atom. The molecule has 0 saturated carbocycles. The van der Waals surface area contributed by atoms with Crippen LogP contribution in [0.5, 0.6) is 5.75 Å². The zero-order valence-corrected chi connectivity index (χ0v) is 14.8. The normalized spacial score (nSPS) is 16.5. The SMILES string of the molecule is COc1ccc(-c2csc(NC(=O)CC3CCCN3)n2)cc1F.Cl. The fraction of sp³-hybridized carbons (Fsp3) is 0.375. The van der Waals surface area contributed by atoms with E-state index in [1.165, 1.54) is 24.5 Å². The van der Waals surface area contributed by atoms with Gasteiger partial charge in [0, 0.05) is 23.4 Å². The molecule has 1 aliphatic heterocycles. The maximum Gasteiger partial charge on any atom is 0.227 e. The zero-order chi connectivity index (χ0) is 16.2. The van der Waals surface area contributed by atoms with Crippen molar-refractivity contribution in [3.05, 3.63) is 29.4 Å². The van der Waals surface area contributed by atoms with Gasteiger partial charge in [0.05, 0.1) is 12.8 Å². The van der Waals surface area contributed by atoms with Crippen LogP contribution in [0.15, 0.2) is 23.6 Å². The predicted molar refractivity (Wildman–Crippen MR) is 95.6 cm³/mol. The van der Waals surface area contributed by atoms with Gasteiger partial charge in [-0.2, -0.15) is 0 Å². The quantitative estimate of drug-likeness (QED) is 0.844. The van der Waals surface area contributed by atoms with Gasteiger partial charge in [-0.1, -0.05) is 0 Å². The van der Waals surface area contributed by atoms with Crippen LogP contribution < -0.4 is 15.4 Å². The minimum atomic E-state index is -0.434. The summed E-state index contributed by atoms with van der Waals surface area (Å²) in [6.45, 7) is 0.975. The smallest absolute Gasteiger partial charge is 0.227 e. The number of thiazole rings is 1. The summed E-state index contributed by atoms with van der Waals surface area (Å²) in [6.07, 6.45) is 2.59. The molecule has 130 valence electrons. The lowest BCUT2D eigenvalue weighted by atomic mass is 10.1. The van der Waals surface area contributed by atoms with Crippen LogP contribution >= 0.6 is 23.7 Å². The molecule has 1 unspecified atom stereocenters. The zero-order valence-electron chi connectivity index (χ0n) is 13.2. The molecule has 0 radical (unpaired) electrons. The Hall–Kier alpha value is -1.70. The number of halogens is 2. The van der Waals surface area contributed by atoms with Crippen molar-refractivity contribution >= 4 is 34.8 Å². The molecule has 1 aromatic heterocycles. The van der Waals surface area contributed by atoms with Gasteiger partial charge in [-0.05, 0) is 37.6 Å². The second-order valence-electron chi connectivity index (χ2n) is 5.43. The number of hydrogen-bond acceptors (Lipinski definition) is 5. The van der Waals surface area contributed by atoms with Gasteiger partial charge in [0.2, 0.25) is 5.91 Å². The molecule has 1 atom stereocenters. The largest absolute Gasteiger partial charge is 0.494 e. The van der Waals surface area contributed by atoms with Crippen LogP contribution in [0, 0.1) is 5.82 Å². The Bertz CT molecular complexity index is 704. The first kappa shape index (κ1) is 18.6. The standard InChI is InChI=1S/C16H18FN3O2S.ClH/c1-22-14-5-4-10(7-12(14)17)13-9-23-16(19-13)20-15(21)8-11-3-2-6-18-11;/h4-5,7,9,11,18H,2-3,6,8H2,1H3,(H,19,20,21);1H. The molecule has 1 amide bonds. The number of hydrogen-bond donors (Lipinski definition) is 2. The Kier molecular flexibility index (Phi) is 6.53. The number of aromatic nitrogens is 1. The Morgan fingerprint density at radius 1 is 1.54 bits per heavy atom. The highest BCUT2D eigenvalue weighted by Gasteiger charge is 2.18. The number of anilines is 1. The molecule has 0 spiro atoms. The number of rotatable bonds is 5. The topological polar surface area (TPSA) is 63.2 Å². The molecular formula is C16H19ClFN3O2S. The summed E-state index contributed by atoms with van der Waals surface area (Å²) in [6, 6.07) is 4.94. The lowest BCUT2D eigenvalue weighted by molar-refractivity contribution is -0.116. The van der Waals surface area contributed by atoms with E-state index in [0.717, 1.165) is 19.4 Å². The summed E-state index contributed by atoms with van der Waals surface area (Å²) < 4.78 is 18.7. The van der Waals surface area contributed by atoms with Crippen molar-refractivity contribution in [3.63, 3.8) is 0 Å². The highest BCUT2D eigenvalue weighted by molar-refractivity contribution is 7.14. The van der Waals surface area contributed by atoms with Crippen LogP contribution in [0.4, 0.5) is 9.52 Å². The molecule has 1 aromatic carbocycles. The molecule has 1 fully saturated rings. The lowest BCUT2D eigenvalue weighted by Crippen LogP contribution is -2.27. The number of ether oxygens (including phenoxy) is 1. The van der Waals surface area contributed by atoms with E-state index in [1.54, 1.807) is 17.5 Å². The summed E-state index contributed by atoms with van der Waals surface area (Å²) in [4.78, 5) is 16.3. The van der Waals surface area contributed by atoms with Crippen LogP contribution in [0.3, 0.4) is 0 Å². The summed E-state index contributed by atoms with van der Waals surface area (Å²) in [7, 11) is 1.42. The molecule has 2 N–H and O–H groups in total. The number of amides is 1. The third-order valence-corrected chi connectivity index (χ3v) is 4.55. The summed E-state index contributed by atoms with van der Waals surface area (Å²) in [5.41, 5.74) is 1.28. The van der Waals surface area contributed by atoms with Crippen molar-refractivity contribution in [2.75, 3.05) is 19.0 Å². The van der Waals surface area contributed by atoms with Gasteiger partial charge in [-0.25, -0.2) is 9.37 Å². The molecule has 1 saturated heterocycles. The summed E-state index contributed by atoms with van der Waals surface area (Å²) in [5.74, 6) is -0.288. The van der Waals surface area contributed by atoms with Gasteiger partial charge in [0.1, 0.15) is 0 Å². The molecule has 0 aliphatic carbocycles. The third-order valence-electron chi connectivity index (χ3n) is 3.79. The van der Waals surface area contributed by atoms with E-state index < -0.39 is 5.82 Å².